The number of aliphatic hydroxyl groups excluding tert-OH is 1. The summed E-state index contributed by atoms with van der Waals surface area (Å²) in [5.74, 6) is -0.185. The molecule has 0 unspecified atom stereocenters. The zero-order valence-electron chi connectivity index (χ0n) is 16.1. The number of aromatic carboxylic acids is 1. The van der Waals surface area contributed by atoms with Crippen LogP contribution >= 0.6 is 11.6 Å². The first-order valence-electron chi connectivity index (χ1n) is 8.94. The minimum Gasteiger partial charge on any atom is -0.497 e. The molecule has 3 aromatic rings. The molecule has 154 valence electrons. The van der Waals surface area contributed by atoms with Crippen LogP contribution in [0.25, 0.3) is 0 Å². The Morgan fingerprint density at radius 2 is 1.73 bits per heavy atom. The predicted octanol–water partition coefficient (Wildman–Crippen LogP) is 5.53. The SMILES string of the molecule is COc1ccc(COc2ccc(N=Nc3ccc(CO)cc3Cl)cc2C(=O)O)cc1. The zero-order chi connectivity index (χ0) is 21.5. The van der Waals surface area contributed by atoms with E-state index in [9.17, 15) is 9.90 Å². The van der Waals surface area contributed by atoms with Gasteiger partial charge in [0.2, 0.25) is 0 Å². The highest BCUT2D eigenvalue weighted by Gasteiger charge is 2.13. The van der Waals surface area contributed by atoms with Crippen LogP contribution in [0.15, 0.2) is 70.9 Å². The van der Waals surface area contributed by atoms with Gasteiger partial charge in [0, 0.05) is 0 Å². The summed E-state index contributed by atoms with van der Waals surface area (Å²) in [6.45, 7) is 0.0784. The third kappa shape index (κ3) is 5.34. The summed E-state index contributed by atoms with van der Waals surface area (Å²) >= 11 is 6.11. The number of halogens is 1. The fraction of sp³-hybridized carbons (Fsp3) is 0.136. The predicted molar refractivity (Wildman–Crippen MR) is 112 cm³/mol. The number of methoxy groups -OCH3 is 1. The summed E-state index contributed by atoms with van der Waals surface area (Å²) < 4.78 is 10.8. The van der Waals surface area contributed by atoms with Gasteiger partial charge in [-0.25, -0.2) is 4.79 Å². The van der Waals surface area contributed by atoms with Crippen LogP contribution in [-0.4, -0.2) is 23.3 Å². The topological polar surface area (TPSA) is 101 Å². The molecule has 0 aliphatic rings. The Labute approximate surface area is 178 Å². The van der Waals surface area contributed by atoms with Gasteiger partial charge in [-0.1, -0.05) is 29.8 Å². The molecule has 0 saturated carbocycles. The number of hydrogen-bond donors (Lipinski definition) is 2. The molecule has 0 heterocycles. The van der Waals surface area contributed by atoms with Crippen LogP contribution in [-0.2, 0) is 13.2 Å². The molecule has 0 saturated heterocycles. The quantitative estimate of drug-likeness (QED) is 0.461. The van der Waals surface area contributed by atoms with Crippen LogP contribution in [0.2, 0.25) is 5.02 Å². The largest absolute Gasteiger partial charge is 0.497 e. The average molecular weight is 427 g/mol. The van der Waals surface area contributed by atoms with Crippen LogP contribution in [0.3, 0.4) is 0 Å². The number of rotatable bonds is 8. The van der Waals surface area contributed by atoms with Crippen molar-refractivity contribution >= 4 is 28.9 Å². The number of benzene rings is 3. The molecular weight excluding hydrogens is 408 g/mol. The van der Waals surface area contributed by atoms with E-state index in [4.69, 9.17) is 26.2 Å². The third-order valence-corrected chi connectivity index (χ3v) is 4.52. The summed E-state index contributed by atoms with van der Waals surface area (Å²) in [7, 11) is 1.58. The number of azo groups is 1. The monoisotopic (exact) mass is 426 g/mol. The van der Waals surface area contributed by atoms with Gasteiger partial charge in [-0.2, -0.15) is 5.11 Å². The molecule has 0 aromatic heterocycles. The van der Waals surface area contributed by atoms with Crippen LogP contribution in [0, 0.1) is 0 Å². The van der Waals surface area contributed by atoms with Gasteiger partial charge < -0.3 is 19.7 Å². The second kappa shape index (κ2) is 9.87. The van der Waals surface area contributed by atoms with Gasteiger partial charge in [-0.05, 0) is 53.6 Å². The van der Waals surface area contributed by atoms with Crippen molar-refractivity contribution in [3.63, 3.8) is 0 Å². The van der Waals surface area contributed by atoms with Crippen molar-refractivity contribution in [1.29, 1.82) is 0 Å². The molecule has 3 aromatic carbocycles. The van der Waals surface area contributed by atoms with E-state index in [0.29, 0.717) is 22.0 Å². The number of carboxylic acid groups (broad SMARTS) is 1. The highest BCUT2D eigenvalue weighted by molar-refractivity contribution is 6.33. The van der Waals surface area contributed by atoms with Gasteiger partial charge >= 0.3 is 5.97 Å². The second-order valence-corrected chi connectivity index (χ2v) is 6.67. The summed E-state index contributed by atoms with van der Waals surface area (Å²) in [6.07, 6.45) is 0. The molecule has 0 aliphatic carbocycles. The van der Waals surface area contributed by atoms with E-state index in [1.165, 1.54) is 12.1 Å². The molecule has 7 nitrogen and oxygen atoms in total. The van der Waals surface area contributed by atoms with Crippen molar-refractivity contribution in [1.82, 2.24) is 0 Å². The molecule has 0 spiro atoms. The van der Waals surface area contributed by atoms with E-state index in [1.807, 2.05) is 12.1 Å². The summed E-state index contributed by atoms with van der Waals surface area (Å²) in [6, 6.07) is 16.7. The maximum atomic E-state index is 11.7. The van der Waals surface area contributed by atoms with Gasteiger partial charge in [-0.15, -0.1) is 5.11 Å². The zero-order valence-corrected chi connectivity index (χ0v) is 16.8. The standard InChI is InChI=1S/C22H19ClN2O5/c1-29-17-6-2-14(3-7-17)13-30-21-9-5-16(11-18(21)22(27)28)24-25-20-8-4-15(12-26)10-19(20)23/h2-11,26H,12-13H2,1H3,(H,27,28). The lowest BCUT2D eigenvalue weighted by Crippen LogP contribution is -2.03. The number of carbonyl (C=O) groups is 1. The molecule has 0 amide bonds. The van der Waals surface area contributed by atoms with Crippen molar-refractivity contribution in [2.45, 2.75) is 13.2 Å². The molecular formula is C22H19ClN2O5. The molecule has 8 heteroatoms. The van der Waals surface area contributed by atoms with Crippen molar-refractivity contribution in [2.24, 2.45) is 10.2 Å². The molecule has 0 atom stereocenters. The Hall–Kier alpha value is -3.42. The third-order valence-electron chi connectivity index (χ3n) is 4.21. The lowest BCUT2D eigenvalue weighted by Gasteiger charge is -2.10. The molecule has 0 bridgehead atoms. The Bertz CT molecular complexity index is 1070. The van der Waals surface area contributed by atoms with Crippen LogP contribution in [0.1, 0.15) is 21.5 Å². The number of aliphatic hydroxyl groups is 1. The lowest BCUT2D eigenvalue weighted by molar-refractivity contribution is 0.0691. The van der Waals surface area contributed by atoms with E-state index in [2.05, 4.69) is 10.2 Å². The van der Waals surface area contributed by atoms with E-state index < -0.39 is 5.97 Å². The van der Waals surface area contributed by atoms with Crippen LogP contribution in [0.4, 0.5) is 11.4 Å². The first-order chi connectivity index (χ1) is 14.5. The minimum atomic E-state index is -1.14. The van der Waals surface area contributed by atoms with Gasteiger partial charge in [0.15, 0.2) is 0 Å². The summed E-state index contributed by atoms with van der Waals surface area (Å²) in [5, 5.41) is 27.1. The first kappa shape index (κ1) is 21.3. The average Bonchev–Trinajstić information content (AvgIpc) is 2.77. The molecule has 0 radical (unpaired) electrons. The molecule has 0 aliphatic heterocycles. The molecule has 3 rings (SSSR count). The smallest absolute Gasteiger partial charge is 0.339 e. The Balaban J connectivity index is 1.76. The second-order valence-electron chi connectivity index (χ2n) is 6.27. The van der Waals surface area contributed by atoms with Gasteiger partial charge in [0.25, 0.3) is 0 Å². The van der Waals surface area contributed by atoms with Crippen molar-refractivity contribution in [3.05, 3.63) is 82.4 Å². The maximum Gasteiger partial charge on any atom is 0.339 e. The first-order valence-corrected chi connectivity index (χ1v) is 9.32. The van der Waals surface area contributed by atoms with Crippen LogP contribution < -0.4 is 9.47 Å². The van der Waals surface area contributed by atoms with Crippen molar-refractivity contribution < 1.29 is 24.5 Å². The summed E-state index contributed by atoms with van der Waals surface area (Å²) in [5.41, 5.74) is 2.25. The minimum absolute atomic E-state index is 0.0262. The highest BCUT2D eigenvalue weighted by atomic mass is 35.5. The summed E-state index contributed by atoms with van der Waals surface area (Å²) in [4.78, 5) is 11.7. The van der Waals surface area contributed by atoms with Gasteiger partial charge in [-0.3, -0.25) is 0 Å². The normalized spacial score (nSPS) is 10.9. The van der Waals surface area contributed by atoms with E-state index in [-0.39, 0.29) is 24.5 Å². The Morgan fingerprint density at radius 1 is 1.00 bits per heavy atom. The molecule has 30 heavy (non-hydrogen) atoms. The Morgan fingerprint density at radius 3 is 2.37 bits per heavy atom. The van der Waals surface area contributed by atoms with E-state index >= 15 is 0 Å². The number of ether oxygens (including phenoxy) is 2. The van der Waals surface area contributed by atoms with E-state index in [1.54, 1.807) is 43.5 Å². The fourth-order valence-electron chi connectivity index (χ4n) is 2.60. The highest BCUT2D eigenvalue weighted by Crippen LogP contribution is 2.30. The molecule has 0 fully saturated rings. The maximum absolute atomic E-state index is 11.7. The van der Waals surface area contributed by atoms with E-state index in [0.717, 1.165) is 11.3 Å². The Kier molecular flexibility index (Phi) is 7.00. The number of nitrogens with zero attached hydrogens (tertiary/aromatic N) is 2. The molecule has 2 N–H and O–H groups in total. The van der Waals surface area contributed by atoms with Crippen LogP contribution in [0.5, 0.6) is 11.5 Å². The lowest BCUT2D eigenvalue weighted by atomic mass is 10.1. The number of carboxylic acids is 1. The van der Waals surface area contributed by atoms with Crippen molar-refractivity contribution in [2.75, 3.05) is 7.11 Å². The fourth-order valence-corrected chi connectivity index (χ4v) is 2.84. The number of hydrogen-bond acceptors (Lipinski definition) is 6. The van der Waals surface area contributed by atoms with Crippen molar-refractivity contribution in [3.8, 4) is 11.5 Å². The van der Waals surface area contributed by atoms with Gasteiger partial charge in [0.05, 0.1) is 24.4 Å². The van der Waals surface area contributed by atoms with Gasteiger partial charge in [0.1, 0.15) is 29.4 Å².